The predicted molar refractivity (Wildman–Crippen MR) is 107 cm³/mol. The van der Waals surface area contributed by atoms with Crippen LogP contribution in [-0.4, -0.2) is 24.8 Å². The normalized spacial score (nSPS) is 10.9. The first-order valence-electron chi connectivity index (χ1n) is 8.10. The van der Waals surface area contributed by atoms with Gasteiger partial charge in [0, 0.05) is 15.9 Å². The molecule has 2 aromatic rings. The van der Waals surface area contributed by atoms with E-state index in [-0.39, 0.29) is 18.9 Å². The van der Waals surface area contributed by atoms with Crippen LogP contribution < -0.4 is 15.5 Å². The van der Waals surface area contributed by atoms with Crippen LogP contribution in [0.3, 0.4) is 0 Å². The minimum absolute atomic E-state index is 0.0504. The fraction of sp³-hybridized carbons (Fsp3) is 0.211. The molecule has 142 valence electrons. The quantitative estimate of drug-likeness (QED) is 0.508. The lowest BCUT2D eigenvalue weighted by Gasteiger charge is -2.07. The summed E-state index contributed by atoms with van der Waals surface area (Å²) in [4.78, 5) is 23.6. The number of hydrazone groups is 1. The Labute approximate surface area is 165 Å². The summed E-state index contributed by atoms with van der Waals surface area (Å²) in [5.41, 5.74) is 4.22. The molecule has 0 bridgehead atoms. The van der Waals surface area contributed by atoms with Crippen LogP contribution in [0.2, 0.25) is 0 Å². The number of rotatable bonds is 7. The second kappa shape index (κ2) is 10.3. The number of benzene rings is 2. The van der Waals surface area contributed by atoms with Crippen molar-refractivity contribution < 1.29 is 19.1 Å². The van der Waals surface area contributed by atoms with Gasteiger partial charge in [0.1, 0.15) is 12.4 Å². The number of anilines is 1. The van der Waals surface area contributed by atoms with E-state index in [1.807, 2.05) is 12.1 Å². The Morgan fingerprint density at radius 2 is 1.74 bits per heavy atom. The molecule has 0 saturated heterocycles. The van der Waals surface area contributed by atoms with Gasteiger partial charge in [0.25, 0.3) is 0 Å². The van der Waals surface area contributed by atoms with Gasteiger partial charge in [-0.2, -0.15) is 5.10 Å². The second-order valence-corrected chi connectivity index (χ2v) is 6.53. The van der Waals surface area contributed by atoms with Gasteiger partial charge in [0.05, 0.1) is 13.5 Å². The first kappa shape index (κ1) is 20.4. The molecule has 0 radical (unpaired) electrons. The van der Waals surface area contributed by atoms with Crippen molar-refractivity contribution in [2.45, 2.75) is 20.0 Å². The number of carbonyl (C=O) groups excluding carboxylic acids is 2. The number of hydrogen-bond acceptors (Lipinski definition) is 5. The zero-order chi connectivity index (χ0) is 19.6. The Kier molecular flexibility index (Phi) is 7.81. The zero-order valence-electron chi connectivity index (χ0n) is 15.0. The van der Waals surface area contributed by atoms with Crippen LogP contribution in [0.25, 0.3) is 0 Å². The van der Waals surface area contributed by atoms with Gasteiger partial charge in [-0.25, -0.2) is 10.2 Å². The van der Waals surface area contributed by atoms with Gasteiger partial charge >= 0.3 is 6.09 Å². The molecule has 8 heteroatoms. The maximum Gasteiger partial charge on any atom is 0.428 e. The molecule has 0 aliphatic heterocycles. The van der Waals surface area contributed by atoms with Gasteiger partial charge in [0.15, 0.2) is 0 Å². The number of nitrogens with zero attached hydrogens (tertiary/aromatic N) is 1. The van der Waals surface area contributed by atoms with E-state index in [0.717, 1.165) is 15.8 Å². The van der Waals surface area contributed by atoms with Gasteiger partial charge in [-0.05, 0) is 48.9 Å². The van der Waals surface area contributed by atoms with Crippen LogP contribution >= 0.6 is 15.9 Å². The van der Waals surface area contributed by atoms with E-state index in [9.17, 15) is 9.59 Å². The highest BCUT2D eigenvalue weighted by molar-refractivity contribution is 9.10. The third-order valence-corrected chi connectivity index (χ3v) is 3.94. The average molecular weight is 434 g/mol. The lowest BCUT2D eigenvalue weighted by molar-refractivity contribution is -0.115. The van der Waals surface area contributed by atoms with E-state index in [4.69, 9.17) is 9.47 Å². The lowest BCUT2D eigenvalue weighted by Crippen LogP contribution is -2.22. The molecular formula is C19H20BrN3O4. The topological polar surface area (TPSA) is 89.0 Å². The van der Waals surface area contributed by atoms with Crippen LogP contribution in [0.4, 0.5) is 10.5 Å². The van der Waals surface area contributed by atoms with Crippen LogP contribution in [0.1, 0.15) is 18.9 Å². The summed E-state index contributed by atoms with van der Waals surface area (Å²) in [6.45, 7) is 1.75. The third kappa shape index (κ3) is 7.49. The number of carbonyl (C=O) groups is 2. The van der Waals surface area contributed by atoms with Gasteiger partial charge in [0.2, 0.25) is 5.91 Å². The molecule has 0 aliphatic carbocycles. The van der Waals surface area contributed by atoms with E-state index >= 15 is 0 Å². The maximum atomic E-state index is 12.0. The molecule has 2 rings (SSSR count). The monoisotopic (exact) mass is 433 g/mol. The number of halogens is 1. The molecule has 0 heterocycles. The Morgan fingerprint density at radius 3 is 2.37 bits per heavy atom. The molecule has 0 aromatic heterocycles. The fourth-order valence-electron chi connectivity index (χ4n) is 2.05. The molecule has 2 aromatic carbocycles. The standard InChI is InChI=1S/C19H20BrN3O4/c1-13(11-18(24)21-16-7-5-15(20)6-8-16)22-23-19(25)27-12-14-3-9-17(26-2)10-4-14/h3-10H,11-12H2,1-2H3,(H,21,24)(H,23,25). The van der Waals surface area contributed by atoms with Crippen molar-refractivity contribution in [2.24, 2.45) is 5.10 Å². The summed E-state index contributed by atoms with van der Waals surface area (Å²) < 4.78 is 11.0. The predicted octanol–water partition coefficient (Wildman–Crippen LogP) is 4.09. The smallest absolute Gasteiger partial charge is 0.428 e. The molecule has 27 heavy (non-hydrogen) atoms. The third-order valence-electron chi connectivity index (χ3n) is 3.41. The van der Waals surface area contributed by atoms with Crippen molar-refractivity contribution in [3.05, 3.63) is 58.6 Å². The largest absolute Gasteiger partial charge is 0.497 e. The van der Waals surface area contributed by atoms with Crippen LogP contribution in [0.5, 0.6) is 5.75 Å². The number of nitrogens with one attached hydrogen (secondary N) is 2. The average Bonchev–Trinajstić information content (AvgIpc) is 2.67. The molecule has 0 unspecified atom stereocenters. The second-order valence-electron chi connectivity index (χ2n) is 5.61. The van der Waals surface area contributed by atoms with E-state index in [2.05, 4.69) is 31.8 Å². The summed E-state index contributed by atoms with van der Waals surface area (Å²) >= 11 is 3.33. The number of hydrogen-bond donors (Lipinski definition) is 2. The van der Waals surface area contributed by atoms with Crippen LogP contribution in [0.15, 0.2) is 58.1 Å². The van der Waals surface area contributed by atoms with E-state index in [1.54, 1.807) is 50.4 Å². The first-order valence-corrected chi connectivity index (χ1v) is 8.90. The van der Waals surface area contributed by atoms with Gasteiger partial charge in [-0.15, -0.1) is 0 Å². The minimum atomic E-state index is -0.696. The van der Waals surface area contributed by atoms with Crippen molar-refractivity contribution in [3.63, 3.8) is 0 Å². The van der Waals surface area contributed by atoms with Gasteiger partial charge in [-0.1, -0.05) is 28.1 Å². The molecule has 2 N–H and O–H groups in total. The summed E-state index contributed by atoms with van der Waals surface area (Å²) in [7, 11) is 1.58. The van der Waals surface area contributed by atoms with E-state index in [0.29, 0.717) is 11.4 Å². The fourth-order valence-corrected chi connectivity index (χ4v) is 2.32. The summed E-state index contributed by atoms with van der Waals surface area (Å²) in [5, 5.41) is 6.61. The molecule has 7 nitrogen and oxygen atoms in total. The maximum absolute atomic E-state index is 12.0. The summed E-state index contributed by atoms with van der Waals surface area (Å²) in [6.07, 6.45) is -0.645. The Morgan fingerprint density at radius 1 is 1.07 bits per heavy atom. The zero-order valence-corrected chi connectivity index (χ0v) is 16.6. The lowest BCUT2D eigenvalue weighted by atomic mass is 10.2. The van der Waals surface area contributed by atoms with Gasteiger partial charge < -0.3 is 14.8 Å². The molecule has 0 aliphatic rings. The summed E-state index contributed by atoms with van der Waals surface area (Å²) in [5.74, 6) is 0.497. The highest BCUT2D eigenvalue weighted by Gasteiger charge is 2.06. The highest BCUT2D eigenvalue weighted by atomic mass is 79.9. The summed E-state index contributed by atoms with van der Waals surface area (Å²) in [6, 6.07) is 14.4. The van der Waals surface area contributed by atoms with Crippen LogP contribution in [0, 0.1) is 0 Å². The minimum Gasteiger partial charge on any atom is -0.497 e. The van der Waals surface area contributed by atoms with Crippen molar-refractivity contribution in [2.75, 3.05) is 12.4 Å². The van der Waals surface area contributed by atoms with Crippen molar-refractivity contribution in [3.8, 4) is 5.75 Å². The first-order chi connectivity index (χ1) is 13.0. The van der Waals surface area contributed by atoms with Crippen LogP contribution in [-0.2, 0) is 16.1 Å². The number of methoxy groups -OCH3 is 1. The Balaban J connectivity index is 1.73. The SMILES string of the molecule is COc1ccc(COC(=O)NN=C(C)CC(=O)Nc2ccc(Br)cc2)cc1. The molecule has 0 saturated carbocycles. The molecule has 0 spiro atoms. The highest BCUT2D eigenvalue weighted by Crippen LogP contribution is 2.14. The molecular weight excluding hydrogens is 414 g/mol. The molecule has 0 atom stereocenters. The van der Waals surface area contributed by atoms with E-state index in [1.165, 1.54) is 0 Å². The Bertz CT molecular complexity index is 805. The molecule has 2 amide bonds. The number of ether oxygens (including phenoxy) is 2. The Hall–Kier alpha value is -2.87. The molecule has 0 fully saturated rings. The van der Waals surface area contributed by atoms with Crippen molar-refractivity contribution in [1.29, 1.82) is 0 Å². The van der Waals surface area contributed by atoms with Crippen molar-refractivity contribution in [1.82, 2.24) is 5.43 Å². The number of amides is 2. The van der Waals surface area contributed by atoms with E-state index < -0.39 is 6.09 Å². The van der Waals surface area contributed by atoms with Gasteiger partial charge in [-0.3, -0.25) is 4.79 Å². The van der Waals surface area contributed by atoms with Crippen molar-refractivity contribution >= 4 is 39.3 Å².